The summed E-state index contributed by atoms with van der Waals surface area (Å²) >= 11 is 3.36. The summed E-state index contributed by atoms with van der Waals surface area (Å²) in [4.78, 5) is 16.6. The Labute approximate surface area is 129 Å². The predicted octanol–water partition coefficient (Wildman–Crippen LogP) is 3.83. The van der Waals surface area contributed by atoms with Crippen molar-refractivity contribution in [1.29, 1.82) is 0 Å². The molecule has 0 saturated carbocycles. The normalized spacial score (nSPS) is 13.7. The van der Waals surface area contributed by atoms with Gasteiger partial charge < -0.3 is 10.6 Å². The molecular weight excluding hydrogens is 318 g/mol. The number of hydrogen-bond acceptors (Lipinski definition) is 3. The van der Waals surface area contributed by atoms with Crippen LogP contribution in [0.25, 0.3) is 0 Å². The molecule has 1 amide bonds. The first-order chi connectivity index (χ1) is 9.47. The van der Waals surface area contributed by atoms with Crippen LogP contribution in [0.4, 0.5) is 5.82 Å². The molecule has 0 fully saturated rings. The van der Waals surface area contributed by atoms with Gasteiger partial charge in [0.05, 0.1) is 5.56 Å². The van der Waals surface area contributed by atoms with Gasteiger partial charge in [0.1, 0.15) is 5.82 Å². The van der Waals surface area contributed by atoms with Crippen molar-refractivity contribution in [1.82, 2.24) is 10.3 Å². The van der Waals surface area contributed by atoms with E-state index >= 15 is 0 Å². The van der Waals surface area contributed by atoms with Crippen molar-refractivity contribution in [3.63, 3.8) is 0 Å². The van der Waals surface area contributed by atoms with Crippen molar-refractivity contribution in [2.45, 2.75) is 46.6 Å². The largest absolute Gasteiger partial charge is 0.370 e. The average Bonchev–Trinajstić information content (AvgIpc) is 2.40. The molecule has 0 bridgehead atoms. The second-order valence-corrected chi connectivity index (χ2v) is 6.12. The monoisotopic (exact) mass is 341 g/mol. The number of amides is 1. The molecule has 1 aromatic rings. The highest BCUT2D eigenvalue weighted by atomic mass is 79.9. The molecule has 2 unspecified atom stereocenters. The van der Waals surface area contributed by atoms with Crippen LogP contribution in [0.5, 0.6) is 0 Å². The van der Waals surface area contributed by atoms with E-state index in [1.54, 1.807) is 12.3 Å². The fourth-order valence-corrected chi connectivity index (χ4v) is 2.38. The van der Waals surface area contributed by atoms with Crippen molar-refractivity contribution in [3.05, 3.63) is 22.3 Å². The summed E-state index contributed by atoms with van der Waals surface area (Å²) in [5, 5.41) is 6.16. The predicted molar refractivity (Wildman–Crippen MR) is 87.1 cm³/mol. The molecule has 0 aliphatic carbocycles. The molecule has 0 saturated heterocycles. The zero-order valence-electron chi connectivity index (χ0n) is 12.7. The van der Waals surface area contributed by atoms with Crippen LogP contribution < -0.4 is 10.6 Å². The minimum atomic E-state index is -0.0782. The smallest absolute Gasteiger partial charge is 0.255 e. The number of pyridine rings is 1. The summed E-state index contributed by atoms with van der Waals surface area (Å²) in [6.45, 7) is 9.13. The van der Waals surface area contributed by atoms with Gasteiger partial charge in [-0.2, -0.15) is 0 Å². The standard InChI is InChI=1S/C15H24BrN3O/c1-5-10(3)7-11(4)19-15(20)13-8-12(16)9-18-14(13)17-6-2/h8-11H,5-7H2,1-4H3,(H,17,18)(H,19,20). The quantitative estimate of drug-likeness (QED) is 0.792. The highest BCUT2D eigenvalue weighted by molar-refractivity contribution is 9.10. The zero-order valence-corrected chi connectivity index (χ0v) is 14.3. The number of carbonyl (C=O) groups is 1. The van der Waals surface area contributed by atoms with Crippen LogP contribution in [0.15, 0.2) is 16.7 Å². The van der Waals surface area contributed by atoms with E-state index in [0.717, 1.165) is 23.9 Å². The number of halogens is 1. The number of hydrogen-bond donors (Lipinski definition) is 2. The van der Waals surface area contributed by atoms with Crippen LogP contribution in [-0.4, -0.2) is 23.5 Å². The topological polar surface area (TPSA) is 54.0 Å². The first-order valence-corrected chi connectivity index (χ1v) is 7.97. The van der Waals surface area contributed by atoms with E-state index in [0.29, 0.717) is 17.3 Å². The van der Waals surface area contributed by atoms with Gasteiger partial charge in [0.25, 0.3) is 5.91 Å². The van der Waals surface area contributed by atoms with E-state index in [-0.39, 0.29) is 11.9 Å². The first kappa shape index (κ1) is 17.0. The minimum absolute atomic E-state index is 0.0782. The number of anilines is 1. The van der Waals surface area contributed by atoms with Gasteiger partial charge in [-0.3, -0.25) is 4.79 Å². The Morgan fingerprint density at radius 1 is 1.40 bits per heavy atom. The third-order valence-corrected chi connectivity index (χ3v) is 3.71. The summed E-state index contributed by atoms with van der Waals surface area (Å²) in [6.07, 6.45) is 3.80. The van der Waals surface area contributed by atoms with Crippen molar-refractivity contribution in [2.24, 2.45) is 5.92 Å². The fraction of sp³-hybridized carbons (Fsp3) is 0.600. The van der Waals surface area contributed by atoms with E-state index < -0.39 is 0 Å². The van der Waals surface area contributed by atoms with Crippen LogP contribution in [0.3, 0.4) is 0 Å². The lowest BCUT2D eigenvalue weighted by atomic mass is 10.0. The molecule has 1 heterocycles. The molecule has 1 aromatic heterocycles. The van der Waals surface area contributed by atoms with Crippen molar-refractivity contribution in [3.8, 4) is 0 Å². The van der Waals surface area contributed by atoms with E-state index in [9.17, 15) is 4.79 Å². The average molecular weight is 342 g/mol. The Bertz CT molecular complexity index is 451. The minimum Gasteiger partial charge on any atom is -0.370 e. The van der Waals surface area contributed by atoms with Gasteiger partial charge in [-0.15, -0.1) is 0 Å². The molecule has 1 rings (SSSR count). The van der Waals surface area contributed by atoms with Gasteiger partial charge in [-0.1, -0.05) is 20.3 Å². The molecule has 2 N–H and O–H groups in total. The lowest BCUT2D eigenvalue weighted by Gasteiger charge is -2.18. The molecule has 0 aliphatic rings. The van der Waals surface area contributed by atoms with Crippen LogP contribution in [0.1, 0.15) is 50.9 Å². The van der Waals surface area contributed by atoms with Crippen molar-refractivity contribution < 1.29 is 4.79 Å². The van der Waals surface area contributed by atoms with Crippen LogP contribution in [0, 0.1) is 5.92 Å². The third-order valence-electron chi connectivity index (χ3n) is 3.27. The fourth-order valence-electron chi connectivity index (χ4n) is 2.05. The van der Waals surface area contributed by atoms with Gasteiger partial charge in [0, 0.05) is 23.3 Å². The summed E-state index contributed by atoms with van der Waals surface area (Å²) in [7, 11) is 0. The van der Waals surface area contributed by atoms with Crippen molar-refractivity contribution in [2.75, 3.05) is 11.9 Å². The zero-order chi connectivity index (χ0) is 15.1. The molecule has 20 heavy (non-hydrogen) atoms. The van der Waals surface area contributed by atoms with E-state index in [1.807, 2.05) is 13.8 Å². The van der Waals surface area contributed by atoms with E-state index in [2.05, 4.69) is 45.4 Å². The summed E-state index contributed by atoms with van der Waals surface area (Å²) in [5.41, 5.74) is 0.581. The SMILES string of the molecule is CCNc1ncc(Br)cc1C(=O)NC(C)CC(C)CC. The molecule has 112 valence electrons. The van der Waals surface area contributed by atoms with Gasteiger partial charge >= 0.3 is 0 Å². The Kier molecular flexibility index (Phi) is 6.99. The second kappa shape index (κ2) is 8.25. The van der Waals surface area contributed by atoms with Gasteiger partial charge in [-0.25, -0.2) is 4.98 Å². The Morgan fingerprint density at radius 3 is 2.70 bits per heavy atom. The summed E-state index contributed by atoms with van der Waals surface area (Å²) in [5.74, 6) is 1.16. The molecule has 2 atom stereocenters. The van der Waals surface area contributed by atoms with Gasteiger partial charge in [0.2, 0.25) is 0 Å². The number of carbonyl (C=O) groups excluding carboxylic acids is 1. The van der Waals surface area contributed by atoms with E-state index in [4.69, 9.17) is 0 Å². The molecule has 0 spiro atoms. The maximum atomic E-state index is 12.4. The maximum Gasteiger partial charge on any atom is 0.255 e. The van der Waals surface area contributed by atoms with Crippen LogP contribution in [0.2, 0.25) is 0 Å². The van der Waals surface area contributed by atoms with Crippen LogP contribution in [-0.2, 0) is 0 Å². The molecule has 0 aliphatic heterocycles. The van der Waals surface area contributed by atoms with E-state index in [1.165, 1.54) is 0 Å². The second-order valence-electron chi connectivity index (χ2n) is 5.20. The van der Waals surface area contributed by atoms with Crippen molar-refractivity contribution >= 4 is 27.7 Å². The number of rotatable bonds is 7. The maximum absolute atomic E-state index is 12.4. The third kappa shape index (κ3) is 5.12. The summed E-state index contributed by atoms with van der Waals surface area (Å²) < 4.78 is 0.805. The Balaban J connectivity index is 2.78. The lowest BCUT2D eigenvalue weighted by molar-refractivity contribution is 0.0936. The first-order valence-electron chi connectivity index (χ1n) is 7.18. The molecular formula is C15H24BrN3O. The number of aromatic nitrogens is 1. The Morgan fingerprint density at radius 2 is 2.10 bits per heavy atom. The van der Waals surface area contributed by atoms with Gasteiger partial charge in [0.15, 0.2) is 0 Å². The Hall–Kier alpha value is -1.10. The number of nitrogens with one attached hydrogen (secondary N) is 2. The highest BCUT2D eigenvalue weighted by Gasteiger charge is 2.16. The highest BCUT2D eigenvalue weighted by Crippen LogP contribution is 2.18. The molecule has 0 aromatic carbocycles. The van der Waals surface area contributed by atoms with Gasteiger partial charge in [-0.05, 0) is 48.2 Å². The molecule has 4 nitrogen and oxygen atoms in total. The molecule has 0 radical (unpaired) electrons. The molecule has 5 heteroatoms. The summed E-state index contributed by atoms with van der Waals surface area (Å²) in [6, 6.07) is 1.96. The lowest BCUT2D eigenvalue weighted by Crippen LogP contribution is -2.34. The number of nitrogens with zero attached hydrogens (tertiary/aromatic N) is 1. The van der Waals surface area contributed by atoms with Crippen LogP contribution >= 0.6 is 15.9 Å².